The molecule has 1 amide bonds. The quantitative estimate of drug-likeness (QED) is 0.378. The summed E-state index contributed by atoms with van der Waals surface area (Å²) in [6.45, 7) is 10.6. The number of carbonyl (C=O) groups is 1. The van der Waals surface area contributed by atoms with E-state index in [1.165, 1.54) is 17.6 Å². The molecule has 0 radical (unpaired) electrons. The van der Waals surface area contributed by atoms with Gasteiger partial charge in [-0.25, -0.2) is 0 Å². The number of allylic oxidation sites excluding steroid dienone is 4. The van der Waals surface area contributed by atoms with Crippen molar-refractivity contribution in [3.63, 3.8) is 0 Å². The minimum absolute atomic E-state index is 0. The second-order valence-corrected chi connectivity index (χ2v) is 6.96. The molecule has 0 spiro atoms. The maximum absolute atomic E-state index is 9.47. The SMILES string of the molecule is CC1=C(C)C(C)=[C]([Ti+2])C1.C[Si](C)=NC=O.[Cl-].[Cl-]. The molecule has 6 heteroatoms. The average molecular weight is 327 g/mol. The molecule has 0 N–H and O–H groups in total. The molecule has 0 fully saturated rings. The molecule has 0 aromatic carbocycles. The summed E-state index contributed by atoms with van der Waals surface area (Å²) in [6, 6.07) is 0. The van der Waals surface area contributed by atoms with Gasteiger partial charge in [0, 0.05) is 0 Å². The molecule has 0 saturated carbocycles. The molecular formula is C11H18Cl2NOSiTi. The Labute approximate surface area is 130 Å². The Morgan fingerprint density at radius 1 is 1.18 bits per heavy atom. The Bertz CT molecular complexity index is 325. The van der Waals surface area contributed by atoms with Gasteiger partial charge >= 0.3 is 68.2 Å². The molecule has 2 nitrogen and oxygen atoms in total. The third-order valence-corrected chi connectivity index (χ3v) is 3.89. The number of carbonyl (C=O) groups excluding carboxylic acids is 1. The van der Waals surface area contributed by atoms with E-state index in [2.05, 4.69) is 45.8 Å². The van der Waals surface area contributed by atoms with Crippen molar-refractivity contribution in [2.24, 2.45) is 4.63 Å². The Morgan fingerprint density at radius 3 is 1.71 bits per heavy atom. The van der Waals surface area contributed by atoms with Gasteiger partial charge in [0.05, 0.1) is 0 Å². The molecule has 0 bridgehead atoms. The van der Waals surface area contributed by atoms with Crippen LogP contribution < -0.4 is 24.8 Å². The number of hydrogen-bond acceptors (Lipinski definition) is 1. The Balaban J connectivity index is -0.000000221. The van der Waals surface area contributed by atoms with E-state index in [1.54, 1.807) is 9.45 Å². The molecular weight excluding hydrogens is 309 g/mol. The van der Waals surface area contributed by atoms with E-state index in [4.69, 9.17) is 0 Å². The Hall–Kier alpha value is 0.461. The molecule has 1 aliphatic carbocycles. The summed E-state index contributed by atoms with van der Waals surface area (Å²) in [5.74, 6) is 0. The van der Waals surface area contributed by atoms with Gasteiger partial charge < -0.3 is 24.8 Å². The normalized spacial score (nSPS) is 13.1. The first-order valence-electron chi connectivity index (χ1n) is 4.92. The van der Waals surface area contributed by atoms with Crippen LogP contribution in [0.15, 0.2) is 25.2 Å². The zero-order chi connectivity index (χ0) is 12.0. The second-order valence-electron chi connectivity index (χ2n) is 3.87. The van der Waals surface area contributed by atoms with E-state index >= 15 is 0 Å². The summed E-state index contributed by atoms with van der Waals surface area (Å²) in [4.78, 5) is 9.47. The third kappa shape index (κ3) is 9.09. The van der Waals surface area contributed by atoms with E-state index < -0.39 is 8.59 Å². The third-order valence-electron chi connectivity index (χ3n) is 2.41. The van der Waals surface area contributed by atoms with Crippen LogP contribution in [0.4, 0.5) is 0 Å². The predicted octanol–water partition coefficient (Wildman–Crippen LogP) is -2.78. The summed E-state index contributed by atoms with van der Waals surface area (Å²) in [6.07, 6.45) is 1.83. The maximum atomic E-state index is 9.47. The van der Waals surface area contributed by atoms with Crippen molar-refractivity contribution in [2.45, 2.75) is 40.3 Å². The van der Waals surface area contributed by atoms with Crippen molar-refractivity contribution in [1.29, 1.82) is 0 Å². The van der Waals surface area contributed by atoms with Crippen LogP contribution in [0, 0.1) is 0 Å². The van der Waals surface area contributed by atoms with E-state index in [0.29, 0.717) is 6.41 Å². The summed E-state index contributed by atoms with van der Waals surface area (Å²) in [5, 5.41) is 0. The van der Waals surface area contributed by atoms with E-state index in [1.807, 2.05) is 13.1 Å². The number of rotatable bonds is 1. The van der Waals surface area contributed by atoms with Crippen molar-refractivity contribution in [3.8, 4) is 0 Å². The molecule has 0 unspecified atom stereocenters. The van der Waals surface area contributed by atoms with Gasteiger partial charge in [-0.2, -0.15) is 0 Å². The minimum atomic E-state index is -0.629. The molecule has 17 heavy (non-hydrogen) atoms. The van der Waals surface area contributed by atoms with Crippen LogP contribution in [0.5, 0.6) is 0 Å². The van der Waals surface area contributed by atoms with Crippen LogP contribution in [0.2, 0.25) is 13.1 Å². The fourth-order valence-corrected chi connectivity index (χ4v) is 2.10. The molecule has 95 valence electrons. The van der Waals surface area contributed by atoms with Crippen LogP contribution >= 0.6 is 0 Å². The van der Waals surface area contributed by atoms with Gasteiger partial charge in [0.1, 0.15) is 8.59 Å². The molecule has 1 rings (SSSR count). The van der Waals surface area contributed by atoms with Gasteiger partial charge in [-0.3, -0.25) is 9.43 Å². The zero-order valence-corrected chi connectivity index (χ0v) is 15.0. The van der Waals surface area contributed by atoms with Crippen LogP contribution in [-0.2, 0) is 25.2 Å². The van der Waals surface area contributed by atoms with Crippen molar-refractivity contribution < 1.29 is 50.0 Å². The summed E-state index contributed by atoms with van der Waals surface area (Å²) in [7, 11) is -0.629. The number of hydrogen-bond donors (Lipinski definition) is 0. The van der Waals surface area contributed by atoms with Gasteiger partial charge in [-0.1, -0.05) is 0 Å². The van der Waals surface area contributed by atoms with Gasteiger partial charge in [0.15, 0.2) is 0 Å². The van der Waals surface area contributed by atoms with Crippen LogP contribution in [0.25, 0.3) is 0 Å². The summed E-state index contributed by atoms with van der Waals surface area (Å²) in [5.41, 5.74) is 4.56. The first-order chi connectivity index (χ1) is 6.90. The van der Waals surface area contributed by atoms with Crippen LogP contribution in [0.1, 0.15) is 27.2 Å². The van der Waals surface area contributed by atoms with E-state index in [-0.39, 0.29) is 24.8 Å². The van der Waals surface area contributed by atoms with Crippen LogP contribution in [-0.4, -0.2) is 15.0 Å². The van der Waals surface area contributed by atoms with E-state index in [9.17, 15) is 4.79 Å². The number of nitrogens with zero attached hydrogens (tertiary/aromatic N) is 1. The van der Waals surface area contributed by atoms with Crippen molar-refractivity contribution in [2.75, 3.05) is 0 Å². The first-order valence-corrected chi connectivity index (χ1v) is 8.15. The smallest absolute Gasteiger partial charge is 0.223 e. The number of amides is 1. The van der Waals surface area contributed by atoms with Crippen molar-refractivity contribution >= 4 is 15.0 Å². The topological polar surface area (TPSA) is 29.4 Å². The fourth-order valence-electron chi connectivity index (χ4n) is 1.18. The maximum Gasteiger partial charge on any atom is 0.223 e. The average Bonchev–Trinajstić information content (AvgIpc) is 2.34. The monoisotopic (exact) mass is 326 g/mol. The Morgan fingerprint density at radius 2 is 1.65 bits per heavy atom. The minimum Gasteiger partial charge on any atom is -1.00 e. The molecule has 0 aliphatic heterocycles. The van der Waals surface area contributed by atoms with Gasteiger partial charge in [-0.15, -0.1) is 0 Å². The van der Waals surface area contributed by atoms with Crippen molar-refractivity contribution in [3.05, 3.63) is 20.6 Å². The van der Waals surface area contributed by atoms with Gasteiger partial charge in [-0.05, 0) is 13.1 Å². The number of halogens is 2. The molecule has 0 aromatic rings. The molecule has 0 aromatic heterocycles. The predicted molar refractivity (Wildman–Crippen MR) is 61.7 cm³/mol. The largest absolute Gasteiger partial charge is 1.00 e. The van der Waals surface area contributed by atoms with E-state index in [0.717, 1.165) is 0 Å². The molecule has 0 atom stereocenters. The van der Waals surface area contributed by atoms with Gasteiger partial charge in [0.2, 0.25) is 6.41 Å². The van der Waals surface area contributed by atoms with Gasteiger partial charge in [0.25, 0.3) is 0 Å². The molecule has 0 heterocycles. The zero-order valence-electron chi connectivity index (χ0n) is 10.9. The van der Waals surface area contributed by atoms with Crippen molar-refractivity contribution in [1.82, 2.24) is 0 Å². The summed E-state index contributed by atoms with van der Waals surface area (Å²) < 4.78 is 5.09. The summed E-state index contributed by atoms with van der Waals surface area (Å²) >= 11 is 2.22. The molecule has 1 aliphatic rings. The standard InChI is InChI=1S/C8H11.C3H7NOSi.2ClH.Ti/c1-6-4-5-7(2)8(6)3;1-6(2)4-3-5;;;/h4H2,1-3H3;3H,1-2H3;2*1H;/q;;;;+2/p-2. The Kier molecular flexibility index (Phi) is 15.4. The second kappa shape index (κ2) is 11.5. The molecule has 0 saturated heterocycles. The fraction of sp³-hybridized carbons (Fsp3) is 0.545. The van der Waals surface area contributed by atoms with Crippen LogP contribution in [0.3, 0.4) is 0 Å². The first kappa shape index (κ1) is 22.6.